The number of hydrogen-bond donors (Lipinski definition) is 0. The van der Waals surface area contributed by atoms with E-state index in [1.807, 2.05) is 14.7 Å². The molecule has 6 nitrogen and oxygen atoms in total. The van der Waals surface area contributed by atoms with E-state index in [1.54, 1.807) is 0 Å². The van der Waals surface area contributed by atoms with Gasteiger partial charge in [0.2, 0.25) is 17.7 Å². The predicted molar refractivity (Wildman–Crippen MR) is 168 cm³/mol. The van der Waals surface area contributed by atoms with Crippen LogP contribution < -0.4 is 14.7 Å². The molecule has 0 spiro atoms. The number of hydrogen-bond acceptors (Lipinski definition) is 3. The molecule has 2 aromatic carbocycles. The van der Waals surface area contributed by atoms with Gasteiger partial charge < -0.3 is 14.7 Å². The Kier molecular flexibility index (Phi) is 8.06. The second-order valence-corrected chi connectivity index (χ2v) is 14.2. The van der Waals surface area contributed by atoms with E-state index in [9.17, 15) is 14.4 Å². The fourth-order valence-electron chi connectivity index (χ4n) is 6.31. The summed E-state index contributed by atoms with van der Waals surface area (Å²) in [5, 5.41) is 0. The van der Waals surface area contributed by atoms with Gasteiger partial charge in [-0.15, -0.1) is 0 Å². The van der Waals surface area contributed by atoms with E-state index in [0.717, 1.165) is 66.7 Å². The van der Waals surface area contributed by atoms with E-state index >= 15 is 0 Å². The van der Waals surface area contributed by atoms with Crippen molar-refractivity contribution in [1.82, 2.24) is 0 Å². The van der Waals surface area contributed by atoms with Crippen molar-refractivity contribution in [1.29, 1.82) is 0 Å². The number of anilines is 3. The Morgan fingerprint density at radius 1 is 0.512 bits per heavy atom. The highest BCUT2D eigenvalue weighted by atomic mass is 16.2. The minimum Gasteiger partial charge on any atom is -0.312 e. The fraction of sp³-hybridized carbons (Fsp3) is 0.571. The fourth-order valence-corrected chi connectivity index (χ4v) is 6.31. The molecule has 2 aromatic rings. The van der Waals surface area contributed by atoms with E-state index in [2.05, 4.69) is 71.9 Å². The third-order valence-corrected chi connectivity index (χ3v) is 8.90. The van der Waals surface area contributed by atoms with Crippen molar-refractivity contribution in [3.05, 3.63) is 41.5 Å². The van der Waals surface area contributed by atoms with Crippen molar-refractivity contribution >= 4 is 34.8 Å². The standard InChI is InChI=1S/C35H47N3O3/c1-34(2,3)25-19-24(20-26(21-25)35(4,5)6)33-28(37-17-11-8-14-31(37)40)22-27(36-16-10-7-13-30(36)39)23-29(33)38-18-12-9-15-32(38)41/h19-23H,7-18H2,1-6H3. The highest BCUT2D eigenvalue weighted by Gasteiger charge is 2.32. The molecular weight excluding hydrogens is 510 g/mol. The van der Waals surface area contributed by atoms with Crippen LogP contribution >= 0.6 is 0 Å². The summed E-state index contributed by atoms with van der Waals surface area (Å²) in [6.07, 6.45) is 7.06. The van der Waals surface area contributed by atoms with Crippen LogP contribution in [0.3, 0.4) is 0 Å². The molecule has 5 rings (SSSR count). The summed E-state index contributed by atoms with van der Waals surface area (Å²) in [5.74, 6) is 0.331. The molecule has 41 heavy (non-hydrogen) atoms. The zero-order valence-corrected chi connectivity index (χ0v) is 25.9. The topological polar surface area (TPSA) is 60.9 Å². The van der Waals surface area contributed by atoms with Crippen LogP contribution in [0.5, 0.6) is 0 Å². The molecule has 3 fully saturated rings. The van der Waals surface area contributed by atoms with Gasteiger partial charge in [0.25, 0.3) is 0 Å². The van der Waals surface area contributed by atoms with E-state index in [1.165, 1.54) is 11.1 Å². The monoisotopic (exact) mass is 557 g/mol. The molecule has 0 bridgehead atoms. The summed E-state index contributed by atoms with van der Waals surface area (Å²) in [5.41, 5.74) is 6.68. The molecule has 3 aliphatic rings. The Bertz CT molecular complexity index is 1270. The summed E-state index contributed by atoms with van der Waals surface area (Å²) in [6, 6.07) is 10.9. The molecule has 220 valence electrons. The first kappa shape index (κ1) is 29.3. The van der Waals surface area contributed by atoms with Crippen LogP contribution in [0.15, 0.2) is 30.3 Å². The van der Waals surface area contributed by atoms with Crippen LogP contribution in [0.4, 0.5) is 17.1 Å². The van der Waals surface area contributed by atoms with E-state index in [-0.39, 0.29) is 28.6 Å². The summed E-state index contributed by atoms with van der Waals surface area (Å²) >= 11 is 0. The summed E-state index contributed by atoms with van der Waals surface area (Å²) in [6.45, 7) is 15.3. The third-order valence-electron chi connectivity index (χ3n) is 8.90. The third kappa shape index (κ3) is 6.07. The smallest absolute Gasteiger partial charge is 0.226 e. The molecule has 0 aliphatic carbocycles. The van der Waals surface area contributed by atoms with Gasteiger partial charge in [-0.25, -0.2) is 0 Å². The van der Waals surface area contributed by atoms with Gasteiger partial charge in [0.1, 0.15) is 0 Å². The zero-order valence-electron chi connectivity index (χ0n) is 25.9. The average Bonchev–Trinajstić information content (AvgIpc) is 2.92. The Morgan fingerprint density at radius 2 is 0.902 bits per heavy atom. The molecule has 0 radical (unpaired) electrons. The maximum absolute atomic E-state index is 13.5. The number of carbonyl (C=O) groups is 3. The van der Waals surface area contributed by atoms with Crippen LogP contribution in [0, 0.1) is 0 Å². The predicted octanol–water partition coefficient (Wildman–Crippen LogP) is 7.50. The highest BCUT2D eigenvalue weighted by Crippen LogP contribution is 2.47. The maximum atomic E-state index is 13.5. The maximum Gasteiger partial charge on any atom is 0.226 e. The van der Waals surface area contributed by atoms with Gasteiger partial charge in [-0.2, -0.15) is 0 Å². The number of amides is 3. The van der Waals surface area contributed by atoms with Crippen molar-refractivity contribution < 1.29 is 14.4 Å². The lowest BCUT2D eigenvalue weighted by molar-refractivity contribution is -0.120. The molecule has 3 heterocycles. The van der Waals surface area contributed by atoms with Crippen LogP contribution in [0.25, 0.3) is 11.1 Å². The molecule has 3 amide bonds. The quantitative estimate of drug-likeness (QED) is 0.391. The minimum atomic E-state index is -0.0849. The minimum absolute atomic E-state index is 0.0849. The number of rotatable bonds is 4. The summed E-state index contributed by atoms with van der Waals surface area (Å²) in [7, 11) is 0. The lowest BCUT2D eigenvalue weighted by atomic mass is 9.78. The highest BCUT2D eigenvalue weighted by molar-refractivity contribution is 6.08. The number of nitrogens with zero attached hydrogens (tertiary/aromatic N) is 3. The lowest BCUT2D eigenvalue weighted by Gasteiger charge is -2.36. The Hall–Kier alpha value is -3.15. The van der Waals surface area contributed by atoms with Crippen LogP contribution in [0.1, 0.15) is 110 Å². The van der Waals surface area contributed by atoms with E-state index in [0.29, 0.717) is 38.9 Å². The Labute approximate surface area is 246 Å². The van der Waals surface area contributed by atoms with Gasteiger partial charge in [0.05, 0.1) is 11.4 Å². The number of carbonyl (C=O) groups excluding carboxylic acids is 3. The SMILES string of the molecule is CC(C)(C)c1cc(-c2c(N3CCCCC3=O)cc(N3CCCCC3=O)cc2N2CCCCC2=O)cc(C(C)(C)C)c1. The molecule has 0 saturated carbocycles. The van der Waals surface area contributed by atoms with Crippen LogP contribution in [-0.2, 0) is 25.2 Å². The second kappa shape index (κ2) is 11.3. The molecule has 0 N–H and O–H groups in total. The molecule has 0 atom stereocenters. The van der Waals surface area contributed by atoms with Gasteiger partial charge in [-0.1, -0.05) is 59.7 Å². The van der Waals surface area contributed by atoms with Gasteiger partial charge in [-0.3, -0.25) is 14.4 Å². The molecule has 3 aliphatic heterocycles. The molecule has 0 unspecified atom stereocenters. The van der Waals surface area contributed by atoms with E-state index in [4.69, 9.17) is 0 Å². The van der Waals surface area contributed by atoms with Crippen molar-refractivity contribution in [2.24, 2.45) is 0 Å². The first-order valence-electron chi connectivity index (χ1n) is 15.6. The Balaban J connectivity index is 1.84. The van der Waals surface area contributed by atoms with Gasteiger partial charge in [0, 0.05) is 50.1 Å². The zero-order chi connectivity index (χ0) is 29.5. The molecule has 6 heteroatoms. The van der Waals surface area contributed by atoms with Crippen molar-refractivity contribution in [2.45, 2.75) is 110 Å². The summed E-state index contributed by atoms with van der Waals surface area (Å²) in [4.78, 5) is 45.8. The van der Waals surface area contributed by atoms with Crippen molar-refractivity contribution in [3.63, 3.8) is 0 Å². The van der Waals surface area contributed by atoms with Gasteiger partial charge in [-0.05, 0) is 78.2 Å². The number of benzene rings is 2. The Morgan fingerprint density at radius 3 is 1.27 bits per heavy atom. The lowest BCUT2D eigenvalue weighted by Crippen LogP contribution is -2.39. The van der Waals surface area contributed by atoms with Crippen LogP contribution in [0.2, 0.25) is 0 Å². The summed E-state index contributed by atoms with van der Waals surface area (Å²) < 4.78 is 0. The first-order chi connectivity index (χ1) is 19.3. The number of piperidine rings is 3. The molecule has 0 aromatic heterocycles. The van der Waals surface area contributed by atoms with E-state index < -0.39 is 0 Å². The van der Waals surface area contributed by atoms with Crippen molar-refractivity contribution in [3.8, 4) is 11.1 Å². The molecular formula is C35H47N3O3. The average molecular weight is 558 g/mol. The first-order valence-corrected chi connectivity index (χ1v) is 15.6. The van der Waals surface area contributed by atoms with Crippen LogP contribution in [-0.4, -0.2) is 37.4 Å². The largest absolute Gasteiger partial charge is 0.312 e. The normalized spacial score (nSPS) is 19.3. The van der Waals surface area contributed by atoms with Gasteiger partial charge in [0.15, 0.2) is 0 Å². The van der Waals surface area contributed by atoms with Crippen molar-refractivity contribution in [2.75, 3.05) is 34.3 Å². The molecule has 3 saturated heterocycles. The second-order valence-electron chi connectivity index (χ2n) is 14.2. The van der Waals surface area contributed by atoms with Gasteiger partial charge >= 0.3 is 0 Å².